The second-order valence-corrected chi connectivity index (χ2v) is 14.7. The number of aromatic nitrogens is 4. The van der Waals surface area contributed by atoms with E-state index in [9.17, 15) is 0 Å². The number of para-hydroxylation sites is 2. The number of fused-ring (bicyclic) bond motifs is 5. The summed E-state index contributed by atoms with van der Waals surface area (Å²) in [4.78, 5) is 9.97. The van der Waals surface area contributed by atoms with E-state index in [1.165, 1.54) is 49.6 Å². The zero-order valence-corrected chi connectivity index (χ0v) is 33.8. The molecule has 1 aliphatic rings. The largest absolute Gasteiger partial charge is 2.00 e. The summed E-state index contributed by atoms with van der Waals surface area (Å²) in [7, 11) is 0. The van der Waals surface area contributed by atoms with Crippen molar-refractivity contribution in [1.29, 1.82) is 0 Å². The van der Waals surface area contributed by atoms with E-state index in [4.69, 9.17) is 14.8 Å². The van der Waals surface area contributed by atoms with E-state index in [1.807, 2.05) is 53.6 Å². The molecule has 6 aromatic carbocycles. The van der Waals surface area contributed by atoms with Crippen molar-refractivity contribution >= 4 is 68.0 Å². The molecule has 0 aliphatic carbocycles. The molecule has 4 heterocycles. The van der Waals surface area contributed by atoms with Crippen LogP contribution < -0.4 is 42.5 Å². The summed E-state index contributed by atoms with van der Waals surface area (Å²) in [6.07, 6.45) is 5.61. The van der Waals surface area contributed by atoms with Crippen LogP contribution in [0.25, 0.3) is 38.8 Å². The van der Waals surface area contributed by atoms with Crippen LogP contribution in [-0.4, -0.2) is 28.2 Å². The van der Waals surface area contributed by atoms with Gasteiger partial charge in [-0.25, -0.2) is 0 Å². The number of hydrogen-bond acceptors (Lipinski definition) is 3. The van der Waals surface area contributed by atoms with E-state index in [2.05, 4.69) is 136 Å². The normalized spacial score (nSPS) is 12.1. The maximum atomic E-state index is 7.32. The number of aryl methyl sites for hydroxylation is 4. The van der Waals surface area contributed by atoms with Crippen molar-refractivity contribution in [3.8, 4) is 28.4 Å². The molecule has 5 nitrogen and oxygen atoms in total. The molecular formula is C48H36B2N4OPt. The summed E-state index contributed by atoms with van der Waals surface area (Å²) in [5, 5.41) is 6.80. The smallest absolute Gasteiger partial charge is 0.653 e. The van der Waals surface area contributed by atoms with Crippen LogP contribution in [0.5, 0.6) is 11.5 Å². The summed E-state index contributed by atoms with van der Waals surface area (Å²) in [6, 6.07) is 48.7. The van der Waals surface area contributed by atoms with Gasteiger partial charge in [0.05, 0.1) is 5.69 Å². The molecule has 0 fully saturated rings. The molecule has 9 aromatic rings. The third-order valence-corrected chi connectivity index (χ3v) is 11.4. The Hall–Kier alpha value is -5.90. The zero-order valence-electron chi connectivity index (χ0n) is 31.5. The summed E-state index contributed by atoms with van der Waals surface area (Å²) in [6.45, 7) is 8.76. The van der Waals surface area contributed by atoms with Crippen molar-refractivity contribution in [2.45, 2.75) is 27.7 Å². The number of benzene rings is 6. The van der Waals surface area contributed by atoms with Crippen LogP contribution in [0.3, 0.4) is 0 Å². The van der Waals surface area contributed by atoms with E-state index in [-0.39, 0.29) is 34.5 Å². The van der Waals surface area contributed by atoms with E-state index in [0.29, 0.717) is 11.5 Å². The predicted octanol–water partition coefficient (Wildman–Crippen LogP) is 6.37. The van der Waals surface area contributed by atoms with Gasteiger partial charge in [0.1, 0.15) is 5.75 Å². The Bertz CT molecular complexity index is 2880. The van der Waals surface area contributed by atoms with Gasteiger partial charge in [-0.1, -0.05) is 147 Å². The third-order valence-electron chi connectivity index (χ3n) is 11.4. The van der Waals surface area contributed by atoms with Gasteiger partial charge >= 0.3 is 21.1 Å². The van der Waals surface area contributed by atoms with Crippen molar-refractivity contribution in [3.63, 3.8) is 0 Å². The molecule has 8 heteroatoms. The maximum Gasteiger partial charge on any atom is 2.00 e. The Morgan fingerprint density at radius 3 is 1.88 bits per heavy atom. The monoisotopic (exact) mass is 901 g/mol. The summed E-state index contributed by atoms with van der Waals surface area (Å²) in [5.41, 5.74) is 16.9. The molecule has 56 heavy (non-hydrogen) atoms. The Kier molecular flexibility index (Phi) is 9.14. The molecular weight excluding hydrogens is 865 g/mol. The van der Waals surface area contributed by atoms with Gasteiger partial charge in [-0.2, -0.15) is 10.6 Å². The van der Waals surface area contributed by atoms with Gasteiger partial charge < -0.3 is 9.72 Å². The van der Waals surface area contributed by atoms with Crippen molar-refractivity contribution in [3.05, 3.63) is 174 Å². The minimum Gasteiger partial charge on any atom is -0.653 e. The molecule has 0 bridgehead atoms. The number of ether oxygens (including phenoxy) is 1. The first-order valence-electron chi connectivity index (χ1n) is 18.8. The van der Waals surface area contributed by atoms with Gasteiger partial charge in [0, 0.05) is 24.3 Å². The molecule has 1 aliphatic heterocycles. The Morgan fingerprint density at radius 2 is 1.21 bits per heavy atom. The van der Waals surface area contributed by atoms with Crippen molar-refractivity contribution in [2.24, 2.45) is 0 Å². The van der Waals surface area contributed by atoms with Crippen LogP contribution in [-0.2, 0) is 21.1 Å². The molecule has 270 valence electrons. The summed E-state index contributed by atoms with van der Waals surface area (Å²) >= 11 is 0. The first-order valence-corrected chi connectivity index (χ1v) is 18.8. The quantitative estimate of drug-likeness (QED) is 0.144. The number of nitrogens with zero attached hydrogens (tertiary/aromatic N) is 4. The van der Waals surface area contributed by atoms with E-state index >= 15 is 0 Å². The molecule has 0 unspecified atom stereocenters. The van der Waals surface area contributed by atoms with Gasteiger partial charge in [-0.15, -0.1) is 23.1 Å². The topological polar surface area (TPSA) is 54.0 Å². The number of rotatable bonds is 6. The molecule has 0 saturated carbocycles. The second kappa shape index (κ2) is 14.3. The van der Waals surface area contributed by atoms with Gasteiger partial charge in [0.2, 0.25) is 6.71 Å². The van der Waals surface area contributed by atoms with Crippen LogP contribution in [0.15, 0.2) is 146 Å². The standard InChI is InChI=1S/C48H36B2N4O.Pt/c1-30-14-9-15-31(2)44(30)49-38-21-5-6-22-39(38)50(45-32(3)16-10-17-33(45)4)46-40(49)28-34(54-27-13-26-52-54)29-43(46)55-42-24-12-19-36-35-18-11-20-37(47(35)53-48(36)42)41-23-7-8-25-51-41;/h5-28H,1-4H3;/q-2;+2. The average Bonchev–Trinajstić information content (AvgIpc) is 3.88. The molecule has 0 atom stereocenters. The van der Waals surface area contributed by atoms with Crippen molar-refractivity contribution < 1.29 is 25.8 Å². The van der Waals surface area contributed by atoms with E-state index in [1.54, 1.807) is 0 Å². The Labute approximate surface area is 342 Å². The summed E-state index contributed by atoms with van der Waals surface area (Å²) < 4.78 is 9.21. The Balaban J connectivity index is 0.00000410. The van der Waals surface area contributed by atoms with E-state index in [0.717, 1.165) is 44.2 Å². The minimum atomic E-state index is -0.104. The molecule has 0 N–H and O–H groups in total. The molecule has 10 rings (SSSR count). The molecule has 0 radical (unpaired) electrons. The van der Waals surface area contributed by atoms with Gasteiger partial charge in [-0.05, 0) is 74.0 Å². The van der Waals surface area contributed by atoms with Gasteiger partial charge in [0.25, 0.3) is 0 Å². The maximum absolute atomic E-state index is 7.32. The zero-order chi connectivity index (χ0) is 37.2. The van der Waals surface area contributed by atoms with Crippen molar-refractivity contribution in [1.82, 2.24) is 19.7 Å². The fraction of sp³-hybridized carbons (Fsp3) is 0.0833. The SMILES string of the molecule is Cc1cccc(C)c1B1c2ccccc2B(c2c(C)cccc2C)c2c(Oc3cccc4c3[n-]c3c(-c5ccccn5)cccc34)[c-]c(-n3cccn3)cc21.[Pt+2]. The van der Waals surface area contributed by atoms with Gasteiger partial charge in [0.15, 0.2) is 6.71 Å². The third kappa shape index (κ3) is 5.76. The number of hydrogen-bond donors (Lipinski definition) is 0. The Morgan fingerprint density at radius 1 is 0.589 bits per heavy atom. The summed E-state index contributed by atoms with van der Waals surface area (Å²) in [5.74, 6) is 1.35. The minimum absolute atomic E-state index is 0. The first kappa shape index (κ1) is 35.8. The molecule has 0 spiro atoms. The fourth-order valence-electron chi connectivity index (χ4n) is 9.03. The van der Waals surface area contributed by atoms with Crippen LogP contribution in [0.1, 0.15) is 22.3 Å². The van der Waals surface area contributed by atoms with Crippen LogP contribution in [0.2, 0.25) is 0 Å². The predicted molar refractivity (Wildman–Crippen MR) is 228 cm³/mol. The van der Waals surface area contributed by atoms with Crippen LogP contribution in [0, 0.1) is 33.8 Å². The molecule has 3 aromatic heterocycles. The van der Waals surface area contributed by atoms with Crippen LogP contribution in [0.4, 0.5) is 0 Å². The molecule has 0 amide bonds. The van der Waals surface area contributed by atoms with E-state index < -0.39 is 0 Å². The fourth-order valence-corrected chi connectivity index (χ4v) is 9.03. The van der Waals surface area contributed by atoms with Crippen molar-refractivity contribution in [2.75, 3.05) is 0 Å². The first-order chi connectivity index (χ1) is 27.0. The number of pyridine rings is 1. The second-order valence-electron chi connectivity index (χ2n) is 14.7. The average molecular weight is 902 g/mol. The van der Waals surface area contributed by atoms with Gasteiger partial charge in [-0.3, -0.25) is 9.67 Å². The van der Waals surface area contributed by atoms with Crippen LogP contribution >= 0.6 is 0 Å². The molecule has 0 saturated heterocycles.